The molecule has 4 rings (SSSR count). The molecule has 0 saturated carbocycles. The smallest absolute Gasteiger partial charge is 0.296 e. The topological polar surface area (TPSA) is 64.0 Å². The largest absolute Gasteiger partial charge is 0.319 e. The molecule has 0 aliphatic rings. The molecule has 0 saturated heterocycles. The Hall–Kier alpha value is -3.70. The van der Waals surface area contributed by atoms with Crippen molar-refractivity contribution in [2.45, 2.75) is 13.8 Å². The standard InChI is InChI=1S/C25H20ClN3O2/c1-16-3-9-21(10-4-16)29-17(2)22(15-23(29)18-5-7-19(26)8-6-18)24(30)25(31)28-20-11-13-27-14-12-20/h3-15H,1-2H3,(H,27,28,31). The highest BCUT2D eigenvalue weighted by Gasteiger charge is 2.24. The number of benzene rings is 2. The van der Waals surface area contributed by atoms with Gasteiger partial charge in [-0.25, -0.2) is 0 Å². The number of anilines is 1. The van der Waals surface area contributed by atoms with Crippen molar-refractivity contribution >= 4 is 29.0 Å². The molecule has 2 heterocycles. The SMILES string of the molecule is Cc1ccc(-n2c(-c3ccc(Cl)cc3)cc(C(=O)C(=O)Nc3ccncc3)c2C)cc1. The van der Waals surface area contributed by atoms with Crippen molar-refractivity contribution in [1.82, 2.24) is 9.55 Å². The number of hydrogen-bond acceptors (Lipinski definition) is 3. The number of nitrogens with zero attached hydrogens (tertiary/aromatic N) is 2. The Bertz CT molecular complexity index is 1240. The highest BCUT2D eigenvalue weighted by atomic mass is 35.5. The van der Waals surface area contributed by atoms with Crippen LogP contribution < -0.4 is 5.32 Å². The number of rotatable bonds is 5. The number of Topliss-reactive ketones (excluding diaryl/α,β-unsaturated/α-hetero) is 1. The van der Waals surface area contributed by atoms with Crippen LogP contribution in [0, 0.1) is 13.8 Å². The van der Waals surface area contributed by atoms with Gasteiger partial charge in [-0.3, -0.25) is 14.6 Å². The molecule has 2 aromatic heterocycles. The molecule has 4 aromatic rings. The maximum Gasteiger partial charge on any atom is 0.296 e. The normalized spacial score (nSPS) is 10.7. The van der Waals surface area contributed by atoms with Crippen molar-refractivity contribution in [1.29, 1.82) is 0 Å². The summed E-state index contributed by atoms with van der Waals surface area (Å²) in [6, 6.07) is 20.4. The van der Waals surface area contributed by atoms with Crippen LogP contribution in [0.5, 0.6) is 0 Å². The van der Waals surface area contributed by atoms with E-state index < -0.39 is 11.7 Å². The quantitative estimate of drug-likeness (QED) is 0.330. The summed E-state index contributed by atoms with van der Waals surface area (Å²) in [7, 11) is 0. The Morgan fingerprint density at radius 2 is 1.55 bits per heavy atom. The molecule has 2 aromatic carbocycles. The first-order valence-electron chi connectivity index (χ1n) is 9.75. The Kier molecular flexibility index (Phi) is 5.69. The number of hydrogen-bond donors (Lipinski definition) is 1. The molecule has 1 N–H and O–H groups in total. The lowest BCUT2D eigenvalue weighted by Gasteiger charge is -2.13. The fourth-order valence-electron chi connectivity index (χ4n) is 3.44. The number of halogens is 1. The number of pyridine rings is 1. The molecule has 0 atom stereocenters. The highest BCUT2D eigenvalue weighted by molar-refractivity contribution is 6.47. The Balaban J connectivity index is 1.79. The summed E-state index contributed by atoms with van der Waals surface area (Å²) in [6.45, 7) is 3.86. The molecule has 31 heavy (non-hydrogen) atoms. The Labute approximate surface area is 185 Å². The Morgan fingerprint density at radius 3 is 2.19 bits per heavy atom. The molecule has 6 heteroatoms. The molecule has 0 aliphatic carbocycles. The predicted molar refractivity (Wildman–Crippen MR) is 123 cm³/mol. The summed E-state index contributed by atoms with van der Waals surface area (Å²) in [5, 5.41) is 3.26. The summed E-state index contributed by atoms with van der Waals surface area (Å²) in [5.74, 6) is -1.30. The van der Waals surface area contributed by atoms with Gasteiger partial charge in [0, 0.05) is 40.0 Å². The third-order valence-electron chi connectivity index (χ3n) is 5.07. The second-order valence-electron chi connectivity index (χ2n) is 7.23. The number of ketones is 1. The summed E-state index contributed by atoms with van der Waals surface area (Å²) in [4.78, 5) is 29.6. The van der Waals surface area contributed by atoms with Gasteiger partial charge in [0.05, 0.1) is 5.69 Å². The second kappa shape index (κ2) is 8.58. The summed E-state index contributed by atoms with van der Waals surface area (Å²) in [6.07, 6.45) is 3.11. The molecular formula is C25H20ClN3O2. The first-order valence-corrected chi connectivity index (χ1v) is 10.1. The van der Waals surface area contributed by atoms with E-state index in [-0.39, 0.29) is 0 Å². The zero-order valence-corrected chi connectivity index (χ0v) is 17.9. The van der Waals surface area contributed by atoms with Gasteiger partial charge in [0.2, 0.25) is 0 Å². The van der Waals surface area contributed by atoms with Gasteiger partial charge < -0.3 is 9.88 Å². The van der Waals surface area contributed by atoms with E-state index in [0.717, 1.165) is 22.5 Å². The van der Waals surface area contributed by atoms with Crippen LogP contribution in [0.1, 0.15) is 21.6 Å². The number of aromatic nitrogens is 2. The van der Waals surface area contributed by atoms with Crippen molar-refractivity contribution in [3.05, 3.63) is 101 Å². The third-order valence-corrected chi connectivity index (χ3v) is 5.32. The predicted octanol–water partition coefficient (Wildman–Crippen LogP) is 5.63. The van der Waals surface area contributed by atoms with Crippen molar-refractivity contribution < 1.29 is 9.59 Å². The molecule has 0 aliphatic heterocycles. The lowest BCUT2D eigenvalue weighted by molar-refractivity contribution is -0.112. The molecule has 5 nitrogen and oxygen atoms in total. The first kappa shape index (κ1) is 20.6. The fraction of sp³-hybridized carbons (Fsp3) is 0.0800. The average Bonchev–Trinajstić information content (AvgIpc) is 3.12. The molecule has 154 valence electrons. The summed E-state index contributed by atoms with van der Waals surface area (Å²) in [5.41, 5.74) is 5.28. The zero-order chi connectivity index (χ0) is 22.0. The van der Waals surface area contributed by atoms with Crippen molar-refractivity contribution in [2.24, 2.45) is 0 Å². The zero-order valence-electron chi connectivity index (χ0n) is 17.1. The van der Waals surface area contributed by atoms with E-state index in [1.54, 1.807) is 42.7 Å². The average molecular weight is 430 g/mol. The molecule has 0 unspecified atom stereocenters. The summed E-state index contributed by atoms with van der Waals surface area (Å²) >= 11 is 6.06. The third kappa shape index (κ3) is 4.27. The number of nitrogens with one attached hydrogen (secondary N) is 1. The van der Waals surface area contributed by atoms with Crippen LogP contribution in [-0.2, 0) is 4.79 Å². The molecular weight excluding hydrogens is 410 g/mol. The van der Waals surface area contributed by atoms with Crippen LogP contribution in [0.15, 0.2) is 79.1 Å². The van der Waals surface area contributed by atoms with Gasteiger partial charge in [-0.15, -0.1) is 0 Å². The molecule has 0 radical (unpaired) electrons. The van der Waals surface area contributed by atoms with E-state index in [0.29, 0.717) is 22.0 Å². The van der Waals surface area contributed by atoms with Crippen LogP contribution in [-0.4, -0.2) is 21.2 Å². The second-order valence-corrected chi connectivity index (χ2v) is 7.66. The van der Waals surface area contributed by atoms with E-state index in [2.05, 4.69) is 10.3 Å². The van der Waals surface area contributed by atoms with Gasteiger partial charge in [0.1, 0.15) is 0 Å². The maximum atomic E-state index is 13.0. The maximum absolute atomic E-state index is 13.0. The van der Waals surface area contributed by atoms with Crippen LogP contribution in [0.3, 0.4) is 0 Å². The first-order chi connectivity index (χ1) is 14.9. The molecule has 0 fully saturated rings. The van der Waals surface area contributed by atoms with E-state index >= 15 is 0 Å². The van der Waals surface area contributed by atoms with Crippen LogP contribution in [0.4, 0.5) is 5.69 Å². The van der Waals surface area contributed by atoms with E-state index in [1.807, 2.05) is 54.8 Å². The Morgan fingerprint density at radius 1 is 0.903 bits per heavy atom. The van der Waals surface area contributed by atoms with Crippen molar-refractivity contribution in [3.63, 3.8) is 0 Å². The molecule has 1 amide bonds. The van der Waals surface area contributed by atoms with Crippen LogP contribution in [0.25, 0.3) is 16.9 Å². The lowest BCUT2D eigenvalue weighted by atomic mass is 10.1. The van der Waals surface area contributed by atoms with Gasteiger partial charge >= 0.3 is 0 Å². The molecule has 0 spiro atoms. The van der Waals surface area contributed by atoms with Gasteiger partial charge in [-0.2, -0.15) is 0 Å². The van der Waals surface area contributed by atoms with E-state index in [1.165, 1.54) is 0 Å². The number of aryl methyl sites for hydroxylation is 1. The minimum absolute atomic E-state index is 0.345. The highest BCUT2D eigenvalue weighted by Crippen LogP contribution is 2.31. The van der Waals surface area contributed by atoms with Gasteiger partial charge in [0.15, 0.2) is 0 Å². The fourth-order valence-corrected chi connectivity index (χ4v) is 3.57. The van der Waals surface area contributed by atoms with Crippen molar-refractivity contribution in [3.8, 4) is 16.9 Å². The van der Waals surface area contributed by atoms with Crippen LogP contribution >= 0.6 is 11.6 Å². The monoisotopic (exact) mass is 429 g/mol. The van der Waals surface area contributed by atoms with Gasteiger partial charge in [0.25, 0.3) is 11.7 Å². The number of carbonyl (C=O) groups is 2. The summed E-state index contributed by atoms with van der Waals surface area (Å²) < 4.78 is 1.98. The van der Waals surface area contributed by atoms with Gasteiger partial charge in [-0.1, -0.05) is 41.4 Å². The molecule has 0 bridgehead atoms. The number of carbonyl (C=O) groups excluding carboxylic acids is 2. The van der Waals surface area contributed by atoms with Crippen LogP contribution in [0.2, 0.25) is 5.02 Å². The van der Waals surface area contributed by atoms with E-state index in [9.17, 15) is 9.59 Å². The minimum Gasteiger partial charge on any atom is -0.319 e. The number of amides is 1. The minimum atomic E-state index is -0.696. The van der Waals surface area contributed by atoms with Crippen molar-refractivity contribution in [2.75, 3.05) is 5.32 Å². The van der Waals surface area contributed by atoms with Gasteiger partial charge in [-0.05, 0) is 61.9 Å². The van der Waals surface area contributed by atoms with E-state index in [4.69, 9.17) is 11.6 Å². The lowest BCUT2D eigenvalue weighted by Crippen LogP contribution is -2.23.